The van der Waals surface area contributed by atoms with E-state index in [0.29, 0.717) is 6.42 Å². The molecule has 0 unspecified atom stereocenters. The molecule has 40 heavy (non-hydrogen) atoms. The number of carbonyl (C=O) groups excluding carboxylic acids is 4. The van der Waals surface area contributed by atoms with Gasteiger partial charge in [-0.1, -0.05) is 58.0 Å². The molecule has 0 aliphatic rings. The van der Waals surface area contributed by atoms with Gasteiger partial charge in [-0.25, -0.2) is 9.59 Å². The van der Waals surface area contributed by atoms with Crippen LogP contribution in [0.4, 0.5) is 4.79 Å². The van der Waals surface area contributed by atoms with Gasteiger partial charge < -0.3 is 25.4 Å². The van der Waals surface area contributed by atoms with Crippen LogP contribution in [0, 0.1) is 11.8 Å². The standard InChI is InChI=1S/C30H43N3O6S/c1-18(2)16-22(31-27(35)25(19(3)4)33-29(37)39-30(5,6)7)26(34)32-23(28(36)38-8)17-20-11-13-21(14-12-20)24-10-9-15-40-24/h9-15,18-19,22-23,25H,16-17H2,1-8H3,(H,31,35)(H,32,34)(H,33,37)/t22-,23-,25-/m0/s1. The first-order valence-electron chi connectivity index (χ1n) is 13.5. The number of rotatable bonds is 12. The number of ether oxygens (including phenoxy) is 2. The number of amides is 3. The molecule has 0 spiro atoms. The molecular formula is C30H43N3O6S. The monoisotopic (exact) mass is 573 g/mol. The van der Waals surface area contributed by atoms with Gasteiger partial charge in [-0.2, -0.15) is 0 Å². The van der Waals surface area contributed by atoms with E-state index in [-0.39, 0.29) is 18.3 Å². The summed E-state index contributed by atoms with van der Waals surface area (Å²) in [6, 6.07) is 9.01. The van der Waals surface area contributed by atoms with Crippen molar-refractivity contribution in [3.63, 3.8) is 0 Å². The Kier molecular flexibility index (Phi) is 12.2. The molecule has 220 valence electrons. The van der Waals surface area contributed by atoms with Crippen molar-refractivity contribution in [2.45, 2.75) is 85.0 Å². The molecule has 2 aromatic rings. The molecule has 1 heterocycles. The van der Waals surface area contributed by atoms with Gasteiger partial charge in [-0.05, 0) is 61.6 Å². The Morgan fingerprint density at radius 1 is 0.875 bits per heavy atom. The lowest BCUT2D eigenvalue weighted by molar-refractivity contribution is -0.145. The van der Waals surface area contributed by atoms with Gasteiger partial charge in [0.1, 0.15) is 23.7 Å². The SMILES string of the molecule is COC(=O)[C@H](Cc1ccc(-c2cccs2)cc1)NC(=O)[C@H](CC(C)C)NC(=O)[C@@H](NC(=O)OC(C)(C)C)C(C)C. The summed E-state index contributed by atoms with van der Waals surface area (Å²) in [7, 11) is 1.27. The highest BCUT2D eigenvalue weighted by Crippen LogP contribution is 2.25. The zero-order valence-electron chi connectivity index (χ0n) is 24.7. The van der Waals surface area contributed by atoms with Gasteiger partial charge in [0.05, 0.1) is 7.11 Å². The predicted molar refractivity (Wildman–Crippen MR) is 157 cm³/mol. The third-order valence-corrected chi connectivity index (χ3v) is 6.88. The van der Waals surface area contributed by atoms with Crippen molar-refractivity contribution in [2.75, 3.05) is 7.11 Å². The van der Waals surface area contributed by atoms with Crippen LogP contribution in [0.25, 0.3) is 10.4 Å². The Labute approximate surface area is 241 Å². The number of methoxy groups -OCH3 is 1. The lowest BCUT2D eigenvalue weighted by Crippen LogP contribution is -2.57. The van der Waals surface area contributed by atoms with E-state index in [4.69, 9.17) is 9.47 Å². The highest BCUT2D eigenvalue weighted by molar-refractivity contribution is 7.13. The van der Waals surface area contributed by atoms with Gasteiger partial charge in [0.25, 0.3) is 0 Å². The summed E-state index contributed by atoms with van der Waals surface area (Å²) in [6.45, 7) is 12.6. The Hall–Kier alpha value is -3.40. The number of hydrogen-bond donors (Lipinski definition) is 3. The Balaban J connectivity index is 2.16. The van der Waals surface area contributed by atoms with Crippen molar-refractivity contribution < 1.29 is 28.7 Å². The Morgan fingerprint density at radius 2 is 1.50 bits per heavy atom. The van der Waals surface area contributed by atoms with Crippen molar-refractivity contribution in [1.29, 1.82) is 0 Å². The van der Waals surface area contributed by atoms with Gasteiger partial charge >= 0.3 is 12.1 Å². The molecule has 0 saturated heterocycles. The average Bonchev–Trinajstić information content (AvgIpc) is 3.40. The summed E-state index contributed by atoms with van der Waals surface area (Å²) in [5.74, 6) is -1.81. The molecule has 0 aliphatic heterocycles. The number of thiophene rings is 1. The molecule has 10 heteroatoms. The van der Waals surface area contributed by atoms with E-state index in [0.717, 1.165) is 16.0 Å². The quantitative estimate of drug-likeness (QED) is 0.317. The minimum atomic E-state index is -0.947. The van der Waals surface area contributed by atoms with Gasteiger partial charge in [-0.3, -0.25) is 9.59 Å². The minimum absolute atomic E-state index is 0.0636. The molecule has 0 fully saturated rings. The second-order valence-electron chi connectivity index (χ2n) is 11.5. The summed E-state index contributed by atoms with van der Waals surface area (Å²) < 4.78 is 10.3. The Bertz CT molecular complexity index is 1120. The van der Waals surface area contributed by atoms with E-state index in [9.17, 15) is 19.2 Å². The molecule has 0 radical (unpaired) electrons. The Morgan fingerprint density at radius 3 is 2.00 bits per heavy atom. The molecule has 3 amide bonds. The van der Waals surface area contributed by atoms with Gasteiger partial charge in [-0.15, -0.1) is 11.3 Å². The fraction of sp³-hybridized carbons (Fsp3) is 0.533. The second-order valence-corrected chi connectivity index (χ2v) is 12.5. The summed E-state index contributed by atoms with van der Waals surface area (Å²) in [4.78, 5) is 52.7. The van der Waals surface area contributed by atoms with E-state index >= 15 is 0 Å². The zero-order valence-corrected chi connectivity index (χ0v) is 25.5. The maximum Gasteiger partial charge on any atom is 0.408 e. The van der Waals surface area contributed by atoms with Crippen LogP contribution in [0.15, 0.2) is 41.8 Å². The van der Waals surface area contributed by atoms with Crippen molar-refractivity contribution in [1.82, 2.24) is 16.0 Å². The van der Waals surface area contributed by atoms with Crippen molar-refractivity contribution in [2.24, 2.45) is 11.8 Å². The summed E-state index contributed by atoms with van der Waals surface area (Å²) in [6.07, 6.45) is -0.166. The van der Waals surface area contributed by atoms with Crippen molar-refractivity contribution in [3.8, 4) is 10.4 Å². The smallest absolute Gasteiger partial charge is 0.408 e. The molecule has 1 aromatic carbocycles. The highest BCUT2D eigenvalue weighted by atomic mass is 32.1. The van der Waals surface area contributed by atoms with E-state index in [1.807, 2.05) is 55.6 Å². The van der Waals surface area contributed by atoms with Crippen LogP contribution in [0.2, 0.25) is 0 Å². The number of benzene rings is 1. The molecule has 2 rings (SSSR count). The molecule has 0 aliphatic carbocycles. The zero-order chi connectivity index (χ0) is 30.0. The molecule has 3 N–H and O–H groups in total. The molecule has 1 aromatic heterocycles. The average molecular weight is 574 g/mol. The first kappa shape index (κ1) is 32.8. The fourth-order valence-electron chi connectivity index (χ4n) is 4.03. The number of nitrogens with one attached hydrogen (secondary N) is 3. The molecule has 0 saturated carbocycles. The number of hydrogen-bond acceptors (Lipinski definition) is 7. The van der Waals surface area contributed by atoms with Crippen LogP contribution >= 0.6 is 11.3 Å². The first-order chi connectivity index (χ1) is 18.7. The minimum Gasteiger partial charge on any atom is -0.467 e. The van der Waals surface area contributed by atoms with E-state index in [1.165, 1.54) is 7.11 Å². The molecule has 9 nitrogen and oxygen atoms in total. The summed E-state index contributed by atoms with van der Waals surface area (Å²) >= 11 is 1.64. The van der Waals surface area contributed by atoms with Crippen molar-refractivity contribution in [3.05, 3.63) is 47.3 Å². The van der Waals surface area contributed by atoms with Crippen LogP contribution in [0.1, 0.15) is 60.5 Å². The van der Waals surface area contributed by atoms with Crippen LogP contribution in [0.5, 0.6) is 0 Å². The van der Waals surface area contributed by atoms with Gasteiger partial charge in [0, 0.05) is 11.3 Å². The normalized spacial score (nSPS) is 13.8. The number of carbonyl (C=O) groups is 4. The van der Waals surface area contributed by atoms with E-state index in [1.54, 1.807) is 46.0 Å². The van der Waals surface area contributed by atoms with E-state index < -0.39 is 47.6 Å². The first-order valence-corrected chi connectivity index (χ1v) is 14.4. The number of esters is 1. The summed E-state index contributed by atoms with van der Waals surface area (Å²) in [5, 5.41) is 10.2. The predicted octanol–water partition coefficient (Wildman–Crippen LogP) is 4.70. The lowest BCUT2D eigenvalue weighted by atomic mass is 9.99. The topological polar surface area (TPSA) is 123 Å². The van der Waals surface area contributed by atoms with Gasteiger partial charge in [0.2, 0.25) is 11.8 Å². The largest absolute Gasteiger partial charge is 0.467 e. The third-order valence-electron chi connectivity index (χ3n) is 5.96. The fourth-order valence-corrected chi connectivity index (χ4v) is 4.76. The lowest BCUT2D eigenvalue weighted by Gasteiger charge is -2.28. The second kappa shape index (κ2) is 14.8. The van der Waals surface area contributed by atoms with Gasteiger partial charge in [0.15, 0.2) is 0 Å². The summed E-state index contributed by atoms with van der Waals surface area (Å²) in [5.41, 5.74) is 1.19. The van der Waals surface area contributed by atoms with Crippen LogP contribution < -0.4 is 16.0 Å². The molecule has 0 bridgehead atoms. The maximum absolute atomic E-state index is 13.4. The third kappa shape index (κ3) is 10.6. The maximum atomic E-state index is 13.4. The highest BCUT2D eigenvalue weighted by Gasteiger charge is 2.32. The van der Waals surface area contributed by atoms with Crippen molar-refractivity contribution >= 4 is 35.2 Å². The molecular weight excluding hydrogens is 530 g/mol. The number of alkyl carbamates (subject to hydrolysis) is 1. The molecule has 3 atom stereocenters. The van der Waals surface area contributed by atoms with E-state index in [2.05, 4.69) is 16.0 Å². The van der Waals surface area contributed by atoms with Crippen LogP contribution in [-0.2, 0) is 30.3 Å². The van der Waals surface area contributed by atoms with Crippen LogP contribution in [0.3, 0.4) is 0 Å². The van der Waals surface area contributed by atoms with Crippen LogP contribution in [-0.4, -0.2) is 54.7 Å².